The van der Waals surface area contributed by atoms with Gasteiger partial charge in [-0.2, -0.15) is 0 Å². The zero-order valence-corrected chi connectivity index (χ0v) is 11.8. The van der Waals surface area contributed by atoms with Crippen LogP contribution in [-0.4, -0.2) is 37.7 Å². The zero-order valence-electron chi connectivity index (χ0n) is 11.8. The van der Waals surface area contributed by atoms with Gasteiger partial charge in [-0.3, -0.25) is 4.79 Å². The summed E-state index contributed by atoms with van der Waals surface area (Å²) in [5.41, 5.74) is 0.244. The second-order valence-corrected chi connectivity index (χ2v) is 5.06. The third-order valence-corrected chi connectivity index (χ3v) is 3.37. The summed E-state index contributed by atoms with van der Waals surface area (Å²) in [6.45, 7) is 2.73. The van der Waals surface area contributed by atoms with Crippen molar-refractivity contribution in [3.05, 3.63) is 35.4 Å². The molecule has 1 atom stereocenters. The maximum Gasteiger partial charge on any atom is 0.339 e. The Labute approximate surface area is 118 Å². The Morgan fingerprint density at radius 1 is 1.45 bits per heavy atom. The molecule has 0 aliphatic carbocycles. The number of ether oxygens (including phenoxy) is 2. The molecule has 1 unspecified atom stereocenters. The maximum atomic E-state index is 12.2. The van der Waals surface area contributed by atoms with Crippen LogP contribution in [0.15, 0.2) is 24.3 Å². The molecule has 5 nitrogen and oxygen atoms in total. The molecule has 0 saturated heterocycles. The lowest BCUT2D eigenvalue weighted by Gasteiger charge is -2.33. The molecule has 108 valence electrons. The van der Waals surface area contributed by atoms with Crippen LogP contribution in [0.25, 0.3) is 0 Å². The highest BCUT2D eigenvalue weighted by Crippen LogP contribution is 2.28. The molecular weight excluding hydrogens is 258 g/mol. The van der Waals surface area contributed by atoms with Crippen molar-refractivity contribution in [2.75, 3.05) is 20.3 Å². The molecule has 2 rings (SSSR count). The molecular formula is C15H19NO4. The summed E-state index contributed by atoms with van der Waals surface area (Å²) in [7, 11) is 1.61. The number of nitrogens with one attached hydrogen (secondary N) is 1. The number of hydrogen-bond donors (Lipinski definition) is 1. The monoisotopic (exact) mass is 277 g/mol. The van der Waals surface area contributed by atoms with Gasteiger partial charge >= 0.3 is 5.97 Å². The fraction of sp³-hybridized carbons (Fsp3) is 0.467. The fourth-order valence-corrected chi connectivity index (χ4v) is 2.26. The predicted octanol–water partition coefficient (Wildman–Crippen LogP) is 1.31. The van der Waals surface area contributed by atoms with Crippen molar-refractivity contribution in [2.45, 2.75) is 25.4 Å². The van der Waals surface area contributed by atoms with Gasteiger partial charge in [0.05, 0.1) is 5.56 Å². The van der Waals surface area contributed by atoms with Crippen molar-refractivity contribution >= 4 is 11.9 Å². The summed E-state index contributed by atoms with van der Waals surface area (Å²) in [4.78, 5) is 24.2. The molecule has 0 radical (unpaired) electrons. The van der Waals surface area contributed by atoms with E-state index in [0.717, 1.165) is 12.0 Å². The van der Waals surface area contributed by atoms with Gasteiger partial charge in [-0.25, -0.2) is 4.79 Å². The van der Waals surface area contributed by atoms with E-state index in [1.807, 2.05) is 12.1 Å². The van der Waals surface area contributed by atoms with E-state index in [2.05, 4.69) is 5.32 Å². The van der Waals surface area contributed by atoms with Gasteiger partial charge in [0, 0.05) is 26.7 Å². The van der Waals surface area contributed by atoms with E-state index in [4.69, 9.17) is 9.47 Å². The van der Waals surface area contributed by atoms with E-state index in [0.29, 0.717) is 25.1 Å². The van der Waals surface area contributed by atoms with Crippen LogP contribution in [-0.2, 0) is 20.7 Å². The first-order valence-corrected chi connectivity index (χ1v) is 6.65. The smallest absolute Gasteiger partial charge is 0.339 e. The number of carbonyl (C=O) groups is 2. The van der Waals surface area contributed by atoms with E-state index in [-0.39, 0.29) is 5.91 Å². The first kappa shape index (κ1) is 14.5. The van der Waals surface area contributed by atoms with E-state index in [1.165, 1.54) is 0 Å². The maximum absolute atomic E-state index is 12.2. The van der Waals surface area contributed by atoms with Crippen molar-refractivity contribution in [3.63, 3.8) is 0 Å². The molecule has 20 heavy (non-hydrogen) atoms. The Morgan fingerprint density at radius 2 is 2.20 bits per heavy atom. The molecule has 1 aliphatic heterocycles. The van der Waals surface area contributed by atoms with Gasteiger partial charge in [0.25, 0.3) is 5.91 Å². The van der Waals surface area contributed by atoms with Crippen molar-refractivity contribution in [1.29, 1.82) is 0 Å². The minimum atomic E-state index is -1.14. The Balaban J connectivity index is 2.05. The highest BCUT2D eigenvalue weighted by atomic mass is 16.6. The highest BCUT2D eigenvalue weighted by Gasteiger charge is 2.42. The van der Waals surface area contributed by atoms with Crippen LogP contribution >= 0.6 is 0 Å². The molecule has 1 aromatic rings. The SMILES string of the molecule is COCCCNC(=O)C1(C)Cc2ccccc2C(=O)O1. The van der Waals surface area contributed by atoms with Crippen molar-refractivity contribution < 1.29 is 19.1 Å². The van der Waals surface area contributed by atoms with Crippen LogP contribution in [0.1, 0.15) is 29.3 Å². The number of rotatable bonds is 5. The third kappa shape index (κ3) is 2.99. The van der Waals surface area contributed by atoms with Crippen LogP contribution in [0.2, 0.25) is 0 Å². The highest BCUT2D eigenvalue weighted by molar-refractivity contribution is 5.97. The molecule has 0 saturated carbocycles. The summed E-state index contributed by atoms with van der Waals surface area (Å²) < 4.78 is 10.3. The van der Waals surface area contributed by atoms with Gasteiger partial charge in [0.2, 0.25) is 0 Å². The van der Waals surface area contributed by atoms with Crippen molar-refractivity contribution in [3.8, 4) is 0 Å². The molecule has 1 aliphatic rings. The molecule has 1 aromatic carbocycles. The van der Waals surface area contributed by atoms with Gasteiger partial charge in [-0.05, 0) is 25.0 Å². The quantitative estimate of drug-likeness (QED) is 0.651. The lowest BCUT2D eigenvalue weighted by atomic mass is 9.89. The van der Waals surface area contributed by atoms with Crippen LogP contribution in [0.3, 0.4) is 0 Å². The van der Waals surface area contributed by atoms with Crippen molar-refractivity contribution in [2.24, 2.45) is 0 Å². The van der Waals surface area contributed by atoms with E-state index in [1.54, 1.807) is 26.2 Å². The number of amides is 1. The number of fused-ring (bicyclic) bond motifs is 1. The Morgan fingerprint density at radius 3 is 2.95 bits per heavy atom. The predicted molar refractivity (Wildman–Crippen MR) is 73.5 cm³/mol. The van der Waals surface area contributed by atoms with Gasteiger partial charge < -0.3 is 14.8 Å². The minimum absolute atomic E-state index is 0.267. The topological polar surface area (TPSA) is 64.6 Å². The number of hydrogen-bond acceptors (Lipinski definition) is 4. The summed E-state index contributed by atoms with van der Waals surface area (Å²) in [6, 6.07) is 7.21. The Hall–Kier alpha value is -1.88. The third-order valence-electron chi connectivity index (χ3n) is 3.37. The summed E-state index contributed by atoms with van der Waals surface area (Å²) in [5, 5.41) is 2.78. The van der Waals surface area contributed by atoms with Crippen LogP contribution in [0.4, 0.5) is 0 Å². The molecule has 0 bridgehead atoms. The number of carbonyl (C=O) groups excluding carboxylic acids is 2. The van der Waals surface area contributed by atoms with E-state index >= 15 is 0 Å². The van der Waals surface area contributed by atoms with Gasteiger partial charge in [-0.15, -0.1) is 0 Å². The van der Waals surface area contributed by atoms with Crippen LogP contribution in [0, 0.1) is 0 Å². The lowest BCUT2D eigenvalue weighted by molar-refractivity contribution is -0.139. The molecule has 0 aromatic heterocycles. The molecule has 1 N–H and O–H groups in total. The molecule has 1 amide bonds. The zero-order chi connectivity index (χ0) is 14.6. The average molecular weight is 277 g/mol. The second kappa shape index (κ2) is 6.05. The summed E-state index contributed by atoms with van der Waals surface area (Å²) >= 11 is 0. The fourth-order valence-electron chi connectivity index (χ4n) is 2.26. The largest absolute Gasteiger partial charge is 0.445 e. The molecule has 0 spiro atoms. The number of cyclic esters (lactones) is 1. The minimum Gasteiger partial charge on any atom is -0.445 e. The van der Waals surface area contributed by atoms with Crippen LogP contribution in [0.5, 0.6) is 0 Å². The Kier molecular flexibility index (Phi) is 4.39. The summed E-state index contributed by atoms with van der Waals surface area (Å²) in [6.07, 6.45) is 1.12. The van der Waals surface area contributed by atoms with Gasteiger partial charge in [-0.1, -0.05) is 18.2 Å². The first-order valence-electron chi connectivity index (χ1n) is 6.65. The average Bonchev–Trinajstić information content (AvgIpc) is 2.43. The van der Waals surface area contributed by atoms with Crippen molar-refractivity contribution in [1.82, 2.24) is 5.32 Å². The van der Waals surface area contributed by atoms with Gasteiger partial charge in [0.15, 0.2) is 5.60 Å². The van der Waals surface area contributed by atoms with Crippen LogP contribution < -0.4 is 5.32 Å². The van der Waals surface area contributed by atoms with E-state index in [9.17, 15) is 9.59 Å². The molecule has 0 fully saturated rings. The number of esters is 1. The van der Waals surface area contributed by atoms with Gasteiger partial charge in [0.1, 0.15) is 0 Å². The number of methoxy groups -OCH3 is 1. The second-order valence-electron chi connectivity index (χ2n) is 5.06. The normalized spacial score (nSPS) is 21.0. The number of benzene rings is 1. The molecule has 1 heterocycles. The standard InChI is InChI=1S/C15H19NO4/c1-15(14(18)16-8-5-9-19-2)10-11-6-3-4-7-12(11)13(17)20-15/h3-4,6-7H,5,8-10H2,1-2H3,(H,16,18). The Bertz CT molecular complexity index is 514. The molecule has 5 heteroatoms. The first-order chi connectivity index (χ1) is 9.57. The summed E-state index contributed by atoms with van der Waals surface area (Å²) in [5.74, 6) is -0.710. The lowest BCUT2D eigenvalue weighted by Crippen LogP contribution is -2.51. The van der Waals surface area contributed by atoms with E-state index < -0.39 is 11.6 Å².